The van der Waals surface area contributed by atoms with Gasteiger partial charge in [-0.1, -0.05) is 58.8 Å². The molecule has 0 bridgehead atoms. The molecule has 0 fully saturated rings. The van der Waals surface area contributed by atoms with Crippen molar-refractivity contribution in [3.63, 3.8) is 0 Å². The second-order valence-electron chi connectivity index (χ2n) is 7.85. The van der Waals surface area contributed by atoms with Crippen LogP contribution in [0.4, 0.5) is 15.6 Å². The van der Waals surface area contributed by atoms with Crippen LogP contribution in [0.25, 0.3) is 0 Å². The monoisotopic (exact) mass is 584 g/mol. The summed E-state index contributed by atoms with van der Waals surface area (Å²) in [4.78, 5) is 24.3. The van der Waals surface area contributed by atoms with E-state index in [0.29, 0.717) is 37.8 Å². The molecule has 1 aromatic heterocycles. The number of aromatic nitrogens is 2. The highest BCUT2D eigenvalue weighted by Crippen LogP contribution is 2.30. The second kappa shape index (κ2) is 13.6. The number of amides is 3. The molecule has 0 radical (unpaired) electrons. The Balaban J connectivity index is 1.26. The highest BCUT2D eigenvalue weighted by atomic mass is 35.5. The van der Waals surface area contributed by atoms with Crippen molar-refractivity contribution in [2.45, 2.75) is 13.0 Å². The number of rotatable bonds is 10. The Labute approximate surface area is 238 Å². The van der Waals surface area contributed by atoms with E-state index in [0.717, 1.165) is 16.9 Å². The molecule has 0 unspecified atom stereocenters. The Morgan fingerprint density at radius 3 is 2.59 bits per heavy atom. The molecular formula is C26H22Cl2N6O4S. The van der Waals surface area contributed by atoms with Gasteiger partial charge in [-0.2, -0.15) is 5.10 Å². The van der Waals surface area contributed by atoms with Crippen molar-refractivity contribution >= 4 is 63.5 Å². The fourth-order valence-electron chi connectivity index (χ4n) is 3.19. The average Bonchev–Trinajstić information content (AvgIpc) is 3.35. The van der Waals surface area contributed by atoms with E-state index in [4.69, 9.17) is 32.7 Å². The molecule has 0 aliphatic carbocycles. The number of halogens is 2. The predicted molar refractivity (Wildman–Crippen MR) is 152 cm³/mol. The molecule has 0 saturated carbocycles. The van der Waals surface area contributed by atoms with Crippen LogP contribution in [0.2, 0.25) is 10.0 Å². The smallest absolute Gasteiger partial charge is 0.325 e. The predicted octanol–water partition coefficient (Wildman–Crippen LogP) is 5.77. The molecule has 0 atom stereocenters. The number of anilines is 2. The number of hydrogen-bond acceptors (Lipinski definition) is 8. The second-order valence-corrected chi connectivity index (χ2v) is 9.76. The number of benzene rings is 3. The van der Waals surface area contributed by atoms with Gasteiger partial charge in [0.25, 0.3) is 0 Å². The van der Waals surface area contributed by atoms with E-state index in [9.17, 15) is 9.59 Å². The number of methoxy groups -OCH3 is 1. The summed E-state index contributed by atoms with van der Waals surface area (Å²) in [6, 6.07) is 18.9. The third-order valence-electron chi connectivity index (χ3n) is 5.02. The van der Waals surface area contributed by atoms with Gasteiger partial charge in [0.1, 0.15) is 11.6 Å². The van der Waals surface area contributed by atoms with Crippen LogP contribution in [-0.4, -0.2) is 35.5 Å². The van der Waals surface area contributed by atoms with Crippen molar-refractivity contribution in [3.05, 3.63) is 92.9 Å². The van der Waals surface area contributed by atoms with E-state index < -0.39 is 11.9 Å². The molecule has 0 spiro atoms. The van der Waals surface area contributed by atoms with Crippen LogP contribution in [0, 0.1) is 0 Å². The molecule has 0 aliphatic rings. The minimum absolute atomic E-state index is 0.0552. The molecule has 3 aromatic carbocycles. The maximum absolute atomic E-state index is 12.3. The first kappa shape index (κ1) is 27.8. The molecule has 3 N–H and O–H groups in total. The molecule has 0 saturated heterocycles. The van der Waals surface area contributed by atoms with Gasteiger partial charge in [0, 0.05) is 21.3 Å². The summed E-state index contributed by atoms with van der Waals surface area (Å²) in [5.74, 6) is 0.609. The summed E-state index contributed by atoms with van der Waals surface area (Å²) in [5.41, 5.74) is 4.54. The van der Waals surface area contributed by atoms with Gasteiger partial charge in [-0.05, 0) is 48.0 Å². The minimum Gasteiger partial charge on any atom is -0.493 e. The zero-order valence-corrected chi connectivity index (χ0v) is 22.8. The molecular weight excluding hydrogens is 563 g/mol. The highest BCUT2D eigenvalue weighted by Gasteiger charge is 2.12. The van der Waals surface area contributed by atoms with Gasteiger partial charge >= 0.3 is 6.03 Å². The van der Waals surface area contributed by atoms with E-state index in [1.807, 2.05) is 6.07 Å². The first-order chi connectivity index (χ1) is 18.9. The van der Waals surface area contributed by atoms with Gasteiger partial charge in [0.05, 0.1) is 19.7 Å². The number of nitrogens with zero attached hydrogens (tertiary/aromatic N) is 3. The molecule has 200 valence electrons. The quantitative estimate of drug-likeness (QED) is 0.160. The summed E-state index contributed by atoms with van der Waals surface area (Å²) in [6.07, 6.45) is 1.42. The van der Waals surface area contributed by atoms with Gasteiger partial charge in [-0.3, -0.25) is 10.1 Å². The zero-order chi connectivity index (χ0) is 27.6. The molecule has 4 rings (SSSR count). The number of carbonyl (C=O) groups excluding carboxylic acids is 2. The maximum Gasteiger partial charge on any atom is 0.325 e. The Kier molecular flexibility index (Phi) is 9.68. The topological polar surface area (TPSA) is 127 Å². The normalized spacial score (nSPS) is 10.7. The summed E-state index contributed by atoms with van der Waals surface area (Å²) in [6.45, 7) is 0.233. The SMILES string of the molecule is COc1cc(C=NNC(=O)Cc2nnc(NC(=O)Nc3ccccc3)s2)ccc1OCc1ccc(Cl)cc1Cl. The van der Waals surface area contributed by atoms with Crippen molar-refractivity contribution in [1.82, 2.24) is 15.6 Å². The Bertz CT molecular complexity index is 1480. The first-order valence-corrected chi connectivity index (χ1v) is 13.0. The maximum atomic E-state index is 12.3. The standard InChI is InChI=1S/C26H22Cl2N6O4S/c1-37-22-11-16(7-10-21(22)38-15-17-8-9-18(27)12-20(17)28)14-29-32-23(35)13-24-33-34-26(39-24)31-25(36)30-19-5-3-2-4-6-19/h2-12,14H,13,15H2,1H3,(H,32,35)(H2,30,31,34,36). The van der Waals surface area contributed by atoms with Crippen molar-refractivity contribution in [3.8, 4) is 11.5 Å². The number of para-hydroxylation sites is 1. The van der Waals surface area contributed by atoms with Crippen LogP contribution in [0.3, 0.4) is 0 Å². The van der Waals surface area contributed by atoms with Gasteiger partial charge in [0.2, 0.25) is 11.0 Å². The van der Waals surface area contributed by atoms with E-state index in [-0.39, 0.29) is 18.2 Å². The van der Waals surface area contributed by atoms with Crippen LogP contribution in [0.5, 0.6) is 11.5 Å². The Hall–Kier alpha value is -4.19. The summed E-state index contributed by atoms with van der Waals surface area (Å²) in [5, 5.41) is 18.8. The highest BCUT2D eigenvalue weighted by molar-refractivity contribution is 7.15. The Morgan fingerprint density at radius 2 is 1.82 bits per heavy atom. The van der Waals surface area contributed by atoms with E-state index in [1.54, 1.807) is 60.7 Å². The lowest BCUT2D eigenvalue weighted by molar-refractivity contribution is -0.120. The molecule has 10 nitrogen and oxygen atoms in total. The van der Waals surface area contributed by atoms with Crippen LogP contribution in [-0.2, 0) is 17.8 Å². The summed E-state index contributed by atoms with van der Waals surface area (Å²) >= 11 is 13.2. The lowest BCUT2D eigenvalue weighted by Gasteiger charge is -2.12. The average molecular weight is 585 g/mol. The van der Waals surface area contributed by atoms with Gasteiger partial charge < -0.3 is 14.8 Å². The van der Waals surface area contributed by atoms with Crippen molar-refractivity contribution in [2.75, 3.05) is 17.7 Å². The number of nitrogens with one attached hydrogen (secondary N) is 3. The number of hydrogen-bond donors (Lipinski definition) is 3. The van der Waals surface area contributed by atoms with E-state index in [1.165, 1.54) is 13.3 Å². The van der Waals surface area contributed by atoms with E-state index >= 15 is 0 Å². The molecule has 1 heterocycles. The summed E-state index contributed by atoms with van der Waals surface area (Å²) < 4.78 is 11.3. The van der Waals surface area contributed by atoms with Crippen LogP contribution >= 0.6 is 34.5 Å². The zero-order valence-electron chi connectivity index (χ0n) is 20.5. The Morgan fingerprint density at radius 1 is 1.00 bits per heavy atom. The largest absolute Gasteiger partial charge is 0.493 e. The lowest BCUT2D eigenvalue weighted by atomic mass is 10.2. The fraction of sp³-hybridized carbons (Fsp3) is 0.115. The number of ether oxygens (including phenoxy) is 2. The van der Waals surface area contributed by atoms with Crippen molar-refractivity contribution < 1.29 is 19.1 Å². The van der Waals surface area contributed by atoms with Crippen LogP contribution < -0.4 is 25.5 Å². The van der Waals surface area contributed by atoms with Crippen LogP contribution in [0.15, 0.2) is 71.8 Å². The molecule has 0 aliphatic heterocycles. The third kappa shape index (κ3) is 8.40. The molecule has 39 heavy (non-hydrogen) atoms. The van der Waals surface area contributed by atoms with Crippen molar-refractivity contribution in [2.24, 2.45) is 5.10 Å². The molecule has 3 amide bonds. The fourth-order valence-corrected chi connectivity index (χ4v) is 4.39. The van der Waals surface area contributed by atoms with Gasteiger partial charge in [-0.25, -0.2) is 10.2 Å². The minimum atomic E-state index is -0.460. The third-order valence-corrected chi connectivity index (χ3v) is 6.45. The van der Waals surface area contributed by atoms with Crippen molar-refractivity contribution in [1.29, 1.82) is 0 Å². The number of hydrazone groups is 1. The number of carbonyl (C=O) groups is 2. The van der Waals surface area contributed by atoms with Gasteiger partial charge in [-0.15, -0.1) is 10.2 Å². The number of urea groups is 1. The molecule has 4 aromatic rings. The molecule has 13 heteroatoms. The van der Waals surface area contributed by atoms with E-state index in [2.05, 4.69) is 31.4 Å². The lowest BCUT2D eigenvalue weighted by Crippen LogP contribution is -2.19. The summed E-state index contributed by atoms with van der Waals surface area (Å²) in [7, 11) is 1.52. The van der Waals surface area contributed by atoms with Gasteiger partial charge in [0.15, 0.2) is 11.5 Å². The van der Waals surface area contributed by atoms with Crippen LogP contribution in [0.1, 0.15) is 16.1 Å². The first-order valence-electron chi connectivity index (χ1n) is 11.4.